The zero-order valence-corrected chi connectivity index (χ0v) is 24.2. The number of amides is 2. The molecule has 1 N–H and O–H groups in total. The minimum absolute atomic E-state index is 0.0703. The average Bonchev–Trinajstić information content (AvgIpc) is 3.75. The van der Waals surface area contributed by atoms with E-state index in [2.05, 4.69) is 20.6 Å². The number of rotatable bonds is 10. The van der Waals surface area contributed by atoms with E-state index >= 15 is 0 Å². The second-order valence-corrected chi connectivity index (χ2v) is 11.0. The highest BCUT2D eigenvalue weighted by Crippen LogP contribution is 2.34. The van der Waals surface area contributed by atoms with E-state index in [-0.39, 0.29) is 36.0 Å². The summed E-state index contributed by atoms with van der Waals surface area (Å²) in [7, 11) is 4.80. The van der Waals surface area contributed by atoms with Crippen molar-refractivity contribution in [3.05, 3.63) is 87.6 Å². The summed E-state index contributed by atoms with van der Waals surface area (Å²) in [6, 6.07) is 14.6. The van der Waals surface area contributed by atoms with Gasteiger partial charge in [-0.3, -0.25) is 9.59 Å². The van der Waals surface area contributed by atoms with Crippen LogP contribution in [0.15, 0.2) is 70.2 Å². The highest BCUT2D eigenvalue weighted by atomic mass is 32.2. The number of hydrogen-bond acceptors (Lipinski definition) is 9. The summed E-state index contributed by atoms with van der Waals surface area (Å²) >= 11 is 2.79. The third kappa shape index (κ3) is 6.41. The monoisotopic (exact) mass is 594 g/mol. The van der Waals surface area contributed by atoms with E-state index in [0.29, 0.717) is 34.5 Å². The Labute approximate surface area is 244 Å². The smallest absolute Gasteiger partial charge is 0.253 e. The fourth-order valence-corrected chi connectivity index (χ4v) is 5.80. The summed E-state index contributed by atoms with van der Waals surface area (Å²) in [4.78, 5) is 27.1. The van der Waals surface area contributed by atoms with Crippen LogP contribution in [-0.4, -0.2) is 57.3 Å². The number of halogens is 1. The van der Waals surface area contributed by atoms with Crippen LogP contribution in [0.4, 0.5) is 4.39 Å². The van der Waals surface area contributed by atoms with Crippen LogP contribution in [0.1, 0.15) is 39.1 Å². The van der Waals surface area contributed by atoms with Gasteiger partial charge in [0.25, 0.3) is 11.8 Å². The van der Waals surface area contributed by atoms with E-state index < -0.39 is 0 Å². The van der Waals surface area contributed by atoms with Crippen LogP contribution in [0.25, 0.3) is 0 Å². The molecule has 4 aromatic rings. The first-order valence-electron chi connectivity index (χ1n) is 12.6. The van der Waals surface area contributed by atoms with Gasteiger partial charge in [0, 0.05) is 25.1 Å². The number of carbonyl (C=O) groups excluding carboxylic acids is 2. The van der Waals surface area contributed by atoms with Crippen LogP contribution in [0.5, 0.6) is 11.5 Å². The number of thiophene rings is 1. The first-order valence-corrected chi connectivity index (χ1v) is 14.4. The largest absolute Gasteiger partial charge is 0.497 e. The maximum atomic E-state index is 13.6. The lowest BCUT2D eigenvalue weighted by Gasteiger charge is -2.21. The number of methoxy groups -OCH3 is 2. The number of thioether (sulfide) groups is 1. The first-order chi connectivity index (χ1) is 19.9. The maximum absolute atomic E-state index is 13.6. The SMILES string of the molecule is COc1cc(OC)cc(C(=O)NCc2nnc(SCC(=O)N3N=C(c4cccs4)CC3c3ccc(F)cc3)n2C)c1. The minimum Gasteiger partial charge on any atom is -0.497 e. The Bertz CT molecular complexity index is 1550. The molecule has 5 rings (SSSR count). The molecule has 3 heterocycles. The minimum atomic E-state index is -0.336. The number of nitrogens with one attached hydrogen (secondary N) is 1. The maximum Gasteiger partial charge on any atom is 0.253 e. The second kappa shape index (κ2) is 12.5. The van der Waals surface area contributed by atoms with Crippen molar-refractivity contribution in [3.63, 3.8) is 0 Å². The fourth-order valence-electron chi connectivity index (χ4n) is 4.29. The summed E-state index contributed by atoms with van der Waals surface area (Å²) in [6.45, 7) is 0.129. The predicted octanol–water partition coefficient (Wildman–Crippen LogP) is 4.43. The van der Waals surface area contributed by atoms with E-state index in [1.807, 2.05) is 17.5 Å². The van der Waals surface area contributed by atoms with Gasteiger partial charge in [-0.1, -0.05) is 30.0 Å². The highest BCUT2D eigenvalue weighted by molar-refractivity contribution is 7.99. The standard InChI is InChI=1S/C28H27FN6O4S2/c1-34-25(15-30-27(37)18-11-20(38-2)13-21(12-18)39-3)31-32-28(34)41-16-26(36)35-23(17-6-8-19(29)9-7-17)14-22(33-35)24-5-4-10-40-24/h4-13,23H,14-16H2,1-3H3,(H,30,37). The molecule has 0 radical (unpaired) electrons. The topological polar surface area (TPSA) is 111 Å². The molecule has 0 saturated heterocycles. The van der Waals surface area contributed by atoms with Crippen LogP contribution in [0.3, 0.4) is 0 Å². The molecule has 2 aromatic heterocycles. The summed E-state index contributed by atoms with van der Waals surface area (Å²) in [5, 5.41) is 19.8. The molecule has 2 amide bonds. The molecule has 1 atom stereocenters. The van der Waals surface area contributed by atoms with Gasteiger partial charge in [0.1, 0.15) is 17.3 Å². The summed E-state index contributed by atoms with van der Waals surface area (Å²) in [6.07, 6.45) is 0.537. The number of hydrazone groups is 1. The zero-order valence-electron chi connectivity index (χ0n) is 22.5. The lowest BCUT2D eigenvalue weighted by molar-refractivity contribution is -0.130. The van der Waals surface area contributed by atoms with E-state index in [1.54, 1.807) is 53.3 Å². The average molecular weight is 595 g/mol. The third-order valence-electron chi connectivity index (χ3n) is 6.50. The molecule has 0 aliphatic carbocycles. The molecule has 0 spiro atoms. The van der Waals surface area contributed by atoms with Crippen molar-refractivity contribution in [1.82, 2.24) is 25.1 Å². The normalized spacial score (nSPS) is 14.6. The van der Waals surface area contributed by atoms with Gasteiger partial charge in [-0.25, -0.2) is 9.40 Å². The molecule has 2 aromatic carbocycles. The van der Waals surface area contributed by atoms with Gasteiger partial charge in [0.15, 0.2) is 11.0 Å². The summed E-state index contributed by atoms with van der Waals surface area (Å²) in [5.74, 6) is 0.728. The lowest BCUT2D eigenvalue weighted by Crippen LogP contribution is -2.28. The van der Waals surface area contributed by atoms with Gasteiger partial charge in [0.05, 0.1) is 43.1 Å². The van der Waals surface area contributed by atoms with Crippen LogP contribution in [0.2, 0.25) is 0 Å². The van der Waals surface area contributed by atoms with Crippen molar-refractivity contribution >= 4 is 40.6 Å². The van der Waals surface area contributed by atoms with Crippen LogP contribution >= 0.6 is 23.1 Å². The molecule has 212 valence electrons. The molecule has 41 heavy (non-hydrogen) atoms. The molecule has 1 aliphatic heterocycles. The zero-order chi connectivity index (χ0) is 28.9. The third-order valence-corrected chi connectivity index (χ3v) is 8.42. The summed E-state index contributed by atoms with van der Waals surface area (Å²) < 4.78 is 25.8. The van der Waals surface area contributed by atoms with Gasteiger partial charge in [0.2, 0.25) is 0 Å². The number of hydrogen-bond donors (Lipinski definition) is 1. The molecule has 1 unspecified atom stereocenters. The Morgan fingerprint density at radius 1 is 1.10 bits per heavy atom. The molecule has 10 nitrogen and oxygen atoms in total. The predicted molar refractivity (Wildman–Crippen MR) is 154 cm³/mol. The van der Waals surface area contributed by atoms with Crippen molar-refractivity contribution in [2.75, 3.05) is 20.0 Å². The second-order valence-electron chi connectivity index (χ2n) is 9.06. The van der Waals surface area contributed by atoms with Crippen LogP contribution < -0.4 is 14.8 Å². The van der Waals surface area contributed by atoms with E-state index in [4.69, 9.17) is 9.47 Å². The Morgan fingerprint density at radius 3 is 2.49 bits per heavy atom. The summed E-state index contributed by atoms with van der Waals surface area (Å²) in [5.41, 5.74) is 2.01. The molecular weight excluding hydrogens is 567 g/mol. The van der Waals surface area contributed by atoms with Gasteiger partial charge >= 0.3 is 0 Å². The Balaban J connectivity index is 1.24. The Morgan fingerprint density at radius 2 is 1.83 bits per heavy atom. The molecule has 1 aliphatic rings. The Kier molecular flexibility index (Phi) is 8.64. The Hall–Kier alpha value is -4.23. The van der Waals surface area contributed by atoms with Gasteiger partial charge < -0.3 is 19.4 Å². The van der Waals surface area contributed by atoms with Gasteiger partial charge in [-0.15, -0.1) is 21.5 Å². The van der Waals surface area contributed by atoms with E-state index in [0.717, 1.165) is 16.2 Å². The van der Waals surface area contributed by atoms with Crippen molar-refractivity contribution in [2.45, 2.75) is 24.2 Å². The van der Waals surface area contributed by atoms with Crippen molar-refractivity contribution in [2.24, 2.45) is 12.1 Å². The number of nitrogens with zero attached hydrogens (tertiary/aromatic N) is 5. The number of aromatic nitrogens is 3. The van der Waals surface area contributed by atoms with Crippen molar-refractivity contribution in [3.8, 4) is 11.5 Å². The molecular formula is C28H27FN6O4S2. The fraction of sp³-hybridized carbons (Fsp3) is 0.250. The van der Waals surface area contributed by atoms with Crippen LogP contribution in [-0.2, 0) is 18.4 Å². The van der Waals surface area contributed by atoms with Crippen molar-refractivity contribution < 1.29 is 23.5 Å². The first kappa shape index (κ1) is 28.3. The van der Waals surface area contributed by atoms with Gasteiger partial charge in [-0.05, 0) is 41.3 Å². The molecule has 0 saturated carbocycles. The quantitative estimate of drug-likeness (QED) is 0.271. The number of benzene rings is 2. The molecule has 0 fully saturated rings. The van der Waals surface area contributed by atoms with Crippen LogP contribution in [0, 0.1) is 5.82 Å². The lowest BCUT2D eigenvalue weighted by atomic mass is 10.0. The number of carbonyl (C=O) groups is 2. The van der Waals surface area contributed by atoms with Gasteiger partial charge in [-0.2, -0.15) is 5.10 Å². The van der Waals surface area contributed by atoms with Crippen molar-refractivity contribution in [1.29, 1.82) is 0 Å². The highest BCUT2D eigenvalue weighted by Gasteiger charge is 2.33. The van der Waals surface area contributed by atoms with E-state index in [9.17, 15) is 14.0 Å². The number of ether oxygens (including phenoxy) is 2. The van der Waals surface area contributed by atoms with E-state index in [1.165, 1.54) is 43.1 Å². The molecule has 13 heteroatoms. The molecule has 0 bridgehead atoms.